The number of rotatable bonds is 3. The van der Waals surface area contributed by atoms with Gasteiger partial charge in [-0.15, -0.1) is 0 Å². The predicted molar refractivity (Wildman–Crippen MR) is 67.0 cm³/mol. The van der Waals surface area contributed by atoms with E-state index < -0.39 is 11.6 Å². The Bertz CT molecular complexity index is 596. The summed E-state index contributed by atoms with van der Waals surface area (Å²) in [7, 11) is 0. The van der Waals surface area contributed by atoms with Gasteiger partial charge in [0.15, 0.2) is 0 Å². The van der Waals surface area contributed by atoms with Crippen LogP contribution < -0.4 is 0 Å². The third kappa shape index (κ3) is 2.76. The van der Waals surface area contributed by atoms with Crippen LogP contribution in [0.2, 0.25) is 0 Å². The van der Waals surface area contributed by atoms with Gasteiger partial charge in [0.25, 0.3) is 0 Å². The molecule has 4 heteroatoms. The van der Waals surface area contributed by atoms with Gasteiger partial charge in [0.05, 0.1) is 4.90 Å². The van der Waals surface area contributed by atoms with E-state index in [1.165, 1.54) is 0 Å². The summed E-state index contributed by atoms with van der Waals surface area (Å²) in [6.07, 6.45) is 0.754. The van der Waals surface area contributed by atoms with Gasteiger partial charge in [0.2, 0.25) is 0 Å². The monoisotopic (exact) mass is 264 g/mol. The van der Waals surface area contributed by atoms with Crippen molar-refractivity contribution in [3.05, 3.63) is 59.2 Å². The molecule has 18 heavy (non-hydrogen) atoms. The van der Waals surface area contributed by atoms with E-state index in [1.807, 2.05) is 6.92 Å². The molecule has 92 valence electrons. The van der Waals surface area contributed by atoms with Crippen molar-refractivity contribution in [1.82, 2.24) is 0 Å². The zero-order valence-electron chi connectivity index (χ0n) is 9.61. The standard InChI is InChI=1S/C14H10F2OS/c1-9-6-10(8-17)2-5-13(9)18-14-7-11(15)3-4-12(14)16/h2-8H,1H3. The van der Waals surface area contributed by atoms with Crippen molar-refractivity contribution in [2.75, 3.05) is 0 Å². The minimum Gasteiger partial charge on any atom is -0.298 e. The summed E-state index contributed by atoms with van der Waals surface area (Å²) >= 11 is 1.14. The van der Waals surface area contributed by atoms with Crippen LogP contribution in [0.1, 0.15) is 15.9 Å². The number of aryl methyl sites for hydroxylation is 1. The van der Waals surface area contributed by atoms with Crippen molar-refractivity contribution in [3.63, 3.8) is 0 Å². The van der Waals surface area contributed by atoms with Crippen LogP contribution in [0.4, 0.5) is 8.78 Å². The molecular weight excluding hydrogens is 254 g/mol. The number of benzene rings is 2. The highest BCUT2D eigenvalue weighted by atomic mass is 32.2. The van der Waals surface area contributed by atoms with E-state index >= 15 is 0 Å². The van der Waals surface area contributed by atoms with Gasteiger partial charge in [-0.25, -0.2) is 8.78 Å². The molecule has 0 radical (unpaired) electrons. The summed E-state index contributed by atoms with van der Waals surface area (Å²) in [5.41, 5.74) is 1.42. The molecule has 1 nitrogen and oxygen atoms in total. The molecule has 0 spiro atoms. The normalized spacial score (nSPS) is 10.4. The van der Waals surface area contributed by atoms with Crippen LogP contribution in [0, 0.1) is 18.6 Å². The smallest absolute Gasteiger partial charge is 0.150 e. The fourth-order valence-corrected chi connectivity index (χ4v) is 2.46. The number of aldehydes is 1. The molecule has 0 aromatic heterocycles. The quantitative estimate of drug-likeness (QED) is 0.771. The first-order valence-corrected chi connectivity index (χ1v) is 6.10. The number of halogens is 2. The lowest BCUT2D eigenvalue weighted by Crippen LogP contribution is -1.87. The summed E-state index contributed by atoms with van der Waals surface area (Å²) < 4.78 is 26.5. The lowest BCUT2D eigenvalue weighted by atomic mass is 10.2. The van der Waals surface area contributed by atoms with Gasteiger partial charge in [-0.3, -0.25) is 4.79 Å². The Morgan fingerprint density at radius 2 is 1.83 bits per heavy atom. The highest BCUT2D eigenvalue weighted by Gasteiger charge is 2.08. The first-order valence-electron chi connectivity index (χ1n) is 5.29. The zero-order valence-corrected chi connectivity index (χ0v) is 10.4. The number of carbonyl (C=O) groups is 1. The van der Waals surface area contributed by atoms with E-state index in [4.69, 9.17) is 0 Å². The van der Waals surface area contributed by atoms with Gasteiger partial charge in [-0.1, -0.05) is 17.8 Å². The van der Waals surface area contributed by atoms with E-state index in [0.29, 0.717) is 5.56 Å². The average Bonchev–Trinajstić information content (AvgIpc) is 2.36. The third-order valence-corrected chi connectivity index (χ3v) is 3.66. The second-order valence-electron chi connectivity index (χ2n) is 3.82. The number of hydrogen-bond donors (Lipinski definition) is 0. The summed E-state index contributed by atoms with van der Waals surface area (Å²) in [5, 5.41) is 0. The Kier molecular flexibility index (Phi) is 3.77. The molecule has 0 bridgehead atoms. The summed E-state index contributed by atoms with van der Waals surface area (Å²) in [4.78, 5) is 11.6. The summed E-state index contributed by atoms with van der Waals surface area (Å²) in [6.45, 7) is 1.83. The van der Waals surface area contributed by atoms with Gasteiger partial charge >= 0.3 is 0 Å². The maximum absolute atomic E-state index is 13.5. The lowest BCUT2D eigenvalue weighted by Gasteiger charge is -2.07. The maximum atomic E-state index is 13.5. The molecule has 0 saturated carbocycles. The molecule has 0 amide bonds. The largest absolute Gasteiger partial charge is 0.298 e. The molecule has 0 atom stereocenters. The van der Waals surface area contributed by atoms with Crippen molar-refractivity contribution in [1.29, 1.82) is 0 Å². The Morgan fingerprint density at radius 1 is 1.06 bits per heavy atom. The van der Waals surface area contributed by atoms with Crippen LogP contribution >= 0.6 is 11.8 Å². The molecule has 0 unspecified atom stereocenters. The van der Waals surface area contributed by atoms with Crippen molar-refractivity contribution in [3.8, 4) is 0 Å². The SMILES string of the molecule is Cc1cc(C=O)ccc1Sc1cc(F)ccc1F. The number of hydrogen-bond acceptors (Lipinski definition) is 2. The van der Waals surface area contributed by atoms with Gasteiger partial charge in [0.1, 0.15) is 17.9 Å². The second-order valence-corrected chi connectivity index (χ2v) is 4.90. The molecule has 0 saturated heterocycles. The van der Waals surface area contributed by atoms with Gasteiger partial charge in [0, 0.05) is 10.5 Å². The molecule has 2 aromatic carbocycles. The molecule has 0 fully saturated rings. The fraction of sp³-hybridized carbons (Fsp3) is 0.0714. The molecule has 0 aliphatic heterocycles. The van der Waals surface area contributed by atoms with E-state index in [1.54, 1.807) is 18.2 Å². The molecule has 2 aromatic rings. The molecule has 2 rings (SSSR count). The highest BCUT2D eigenvalue weighted by Crippen LogP contribution is 2.32. The van der Waals surface area contributed by atoms with Crippen molar-refractivity contribution < 1.29 is 13.6 Å². The van der Waals surface area contributed by atoms with Crippen LogP contribution in [-0.2, 0) is 0 Å². The second kappa shape index (κ2) is 5.31. The zero-order chi connectivity index (χ0) is 13.1. The predicted octanol–water partition coefficient (Wildman–Crippen LogP) is 4.24. The highest BCUT2D eigenvalue weighted by molar-refractivity contribution is 7.99. The first kappa shape index (κ1) is 12.8. The molecule has 0 aliphatic rings. The van der Waals surface area contributed by atoms with E-state index in [-0.39, 0.29) is 4.90 Å². The van der Waals surface area contributed by atoms with E-state index in [0.717, 1.165) is 46.7 Å². The first-order chi connectivity index (χ1) is 8.60. The number of carbonyl (C=O) groups excluding carboxylic acids is 1. The minimum absolute atomic E-state index is 0.233. The van der Waals surface area contributed by atoms with Crippen LogP contribution in [0.15, 0.2) is 46.2 Å². The van der Waals surface area contributed by atoms with Crippen LogP contribution in [0.25, 0.3) is 0 Å². The van der Waals surface area contributed by atoms with Gasteiger partial charge in [-0.05, 0) is 42.8 Å². The fourth-order valence-electron chi connectivity index (χ4n) is 1.53. The van der Waals surface area contributed by atoms with Gasteiger partial charge < -0.3 is 0 Å². The minimum atomic E-state index is -0.471. The van der Waals surface area contributed by atoms with Crippen LogP contribution in [-0.4, -0.2) is 6.29 Å². The Hall–Kier alpha value is -1.68. The Balaban J connectivity index is 2.34. The van der Waals surface area contributed by atoms with Crippen molar-refractivity contribution >= 4 is 18.0 Å². The van der Waals surface area contributed by atoms with Crippen LogP contribution in [0.3, 0.4) is 0 Å². The molecule has 0 N–H and O–H groups in total. The topological polar surface area (TPSA) is 17.1 Å². The Labute approximate surface area is 108 Å². The summed E-state index contributed by atoms with van der Waals surface area (Å²) in [5.74, 6) is -0.929. The average molecular weight is 264 g/mol. The van der Waals surface area contributed by atoms with Gasteiger partial charge in [-0.2, -0.15) is 0 Å². The molecule has 0 heterocycles. The molecule has 0 aliphatic carbocycles. The third-order valence-electron chi connectivity index (χ3n) is 2.45. The maximum Gasteiger partial charge on any atom is 0.150 e. The Morgan fingerprint density at radius 3 is 2.50 bits per heavy atom. The van der Waals surface area contributed by atoms with Crippen molar-refractivity contribution in [2.45, 2.75) is 16.7 Å². The van der Waals surface area contributed by atoms with E-state index in [9.17, 15) is 13.6 Å². The van der Waals surface area contributed by atoms with E-state index in [2.05, 4.69) is 0 Å². The van der Waals surface area contributed by atoms with Crippen LogP contribution in [0.5, 0.6) is 0 Å². The summed E-state index contributed by atoms with van der Waals surface area (Å²) in [6, 6.07) is 8.45. The lowest BCUT2D eigenvalue weighted by molar-refractivity contribution is 0.112. The van der Waals surface area contributed by atoms with Crippen molar-refractivity contribution in [2.24, 2.45) is 0 Å². The molecular formula is C14H10F2OS.